The van der Waals surface area contributed by atoms with Crippen LogP contribution in [-0.4, -0.2) is 35.3 Å². The second kappa shape index (κ2) is 8.32. The molecule has 29 heavy (non-hydrogen) atoms. The van der Waals surface area contributed by atoms with Gasteiger partial charge in [0.05, 0.1) is 18.1 Å². The Labute approximate surface area is 170 Å². The van der Waals surface area contributed by atoms with Crippen molar-refractivity contribution in [3.05, 3.63) is 72.0 Å². The van der Waals surface area contributed by atoms with Gasteiger partial charge in [-0.25, -0.2) is 9.97 Å². The molecule has 2 N–H and O–H groups in total. The van der Waals surface area contributed by atoms with Gasteiger partial charge in [0, 0.05) is 30.6 Å². The molecule has 1 aliphatic rings. The van der Waals surface area contributed by atoms with Crippen LogP contribution >= 0.6 is 0 Å². The van der Waals surface area contributed by atoms with E-state index in [1.54, 1.807) is 7.11 Å². The van der Waals surface area contributed by atoms with Crippen LogP contribution in [-0.2, 0) is 6.42 Å². The molecule has 6 heteroatoms. The highest BCUT2D eigenvalue weighted by atomic mass is 16.5. The van der Waals surface area contributed by atoms with Crippen LogP contribution in [0.3, 0.4) is 0 Å². The minimum atomic E-state index is 0.0655. The molecule has 0 unspecified atom stereocenters. The van der Waals surface area contributed by atoms with E-state index in [0.717, 1.165) is 46.1 Å². The lowest BCUT2D eigenvalue weighted by atomic mass is 10.1. The Morgan fingerprint density at radius 2 is 1.93 bits per heavy atom. The largest absolute Gasteiger partial charge is 0.497 e. The minimum absolute atomic E-state index is 0.0655. The fourth-order valence-electron chi connectivity index (χ4n) is 3.39. The molecule has 2 heterocycles. The molecule has 0 radical (unpaired) electrons. The van der Waals surface area contributed by atoms with Gasteiger partial charge in [-0.15, -0.1) is 0 Å². The zero-order valence-electron chi connectivity index (χ0n) is 16.6. The topological polar surface area (TPSA) is 70.5 Å². The van der Waals surface area contributed by atoms with E-state index in [9.17, 15) is 5.11 Å². The summed E-state index contributed by atoms with van der Waals surface area (Å²) in [7, 11) is 1.64. The van der Waals surface area contributed by atoms with Gasteiger partial charge in [0.1, 0.15) is 5.75 Å². The fourth-order valence-corrected chi connectivity index (χ4v) is 3.39. The first-order chi connectivity index (χ1) is 14.2. The molecule has 3 aromatic rings. The zero-order chi connectivity index (χ0) is 20.2. The molecule has 2 aromatic carbocycles. The van der Waals surface area contributed by atoms with Gasteiger partial charge in [0.2, 0.25) is 0 Å². The normalized spacial score (nSPS) is 13.5. The molecule has 0 aliphatic carbocycles. The summed E-state index contributed by atoms with van der Waals surface area (Å²) < 4.78 is 5.39. The number of ether oxygens (including phenoxy) is 1. The van der Waals surface area contributed by atoms with Gasteiger partial charge in [0.15, 0.2) is 11.6 Å². The lowest BCUT2D eigenvalue weighted by Crippen LogP contribution is -2.25. The second-order valence-electron chi connectivity index (χ2n) is 6.85. The number of hydrogen-bond acceptors (Lipinski definition) is 6. The van der Waals surface area contributed by atoms with Gasteiger partial charge in [-0.05, 0) is 43.2 Å². The van der Waals surface area contributed by atoms with Gasteiger partial charge in [0.25, 0.3) is 0 Å². The summed E-state index contributed by atoms with van der Waals surface area (Å²) in [6, 6.07) is 13.6. The molecule has 0 fully saturated rings. The maximum absolute atomic E-state index is 9.46. The lowest BCUT2D eigenvalue weighted by molar-refractivity contribution is 0.299. The van der Waals surface area contributed by atoms with Crippen molar-refractivity contribution in [2.45, 2.75) is 13.3 Å². The second-order valence-corrected chi connectivity index (χ2v) is 6.85. The molecule has 1 aliphatic heterocycles. The van der Waals surface area contributed by atoms with E-state index in [-0.39, 0.29) is 6.61 Å². The Morgan fingerprint density at radius 1 is 1.14 bits per heavy atom. The third-order valence-electron chi connectivity index (χ3n) is 4.95. The molecule has 0 saturated carbocycles. The Bertz CT molecular complexity index is 1090. The fraction of sp³-hybridized carbons (Fsp3) is 0.217. The Balaban J connectivity index is 1.83. The summed E-state index contributed by atoms with van der Waals surface area (Å²) in [4.78, 5) is 11.9. The summed E-state index contributed by atoms with van der Waals surface area (Å²) in [6.45, 7) is 2.86. The maximum atomic E-state index is 9.46. The van der Waals surface area contributed by atoms with Crippen LogP contribution < -0.4 is 15.0 Å². The smallest absolute Gasteiger partial charge is 0.177 e. The van der Waals surface area contributed by atoms with Crippen LogP contribution in [0.4, 0.5) is 17.3 Å². The molecular formula is C23H24N4O2. The Morgan fingerprint density at radius 3 is 2.66 bits per heavy atom. The van der Waals surface area contributed by atoms with Crippen LogP contribution in [0.25, 0.3) is 11.0 Å². The number of fused-ring (bicyclic) bond motifs is 1. The van der Waals surface area contributed by atoms with E-state index in [2.05, 4.69) is 35.4 Å². The molecule has 6 nitrogen and oxygen atoms in total. The predicted octanol–water partition coefficient (Wildman–Crippen LogP) is 4.20. The number of nitrogens with zero attached hydrogens (tertiary/aromatic N) is 3. The molecule has 1 aromatic heterocycles. The van der Waals surface area contributed by atoms with Crippen LogP contribution in [0.5, 0.6) is 5.75 Å². The van der Waals surface area contributed by atoms with E-state index in [1.807, 2.05) is 42.5 Å². The molecule has 148 valence electrons. The molecule has 0 atom stereocenters. The average molecular weight is 388 g/mol. The number of allylic oxidation sites excluding steroid dienone is 3. The first-order valence-electron chi connectivity index (χ1n) is 9.62. The van der Waals surface area contributed by atoms with Gasteiger partial charge in [-0.3, -0.25) is 0 Å². The summed E-state index contributed by atoms with van der Waals surface area (Å²) in [5.74, 6) is 2.17. The summed E-state index contributed by atoms with van der Waals surface area (Å²) in [5, 5.41) is 12.9. The molecule has 0 spiro atoms. The van der Waals surface area contributed by atoms with Crippen molar-refractivity contribution in [3.8, 4) is 5.75 Å². The van der Waals surface area contributed by atoms with Crippen molar-refractivity contribution in [1.82, 2.24) is 9.97 Å². The van der Waals surface area contributed by atoms with E-state index in [0.29, 0.717) is 12.2 Å². The van der Waals surface area contributed by atoms with Crippen LogP contribution in [0.1, 0.15) is 12.5 Å². The molecule has 0 saturated heterocycles. The Kier molecular flexibility index (Phi) is 5.44. The van der Waals surface area contributed by atoms with Crippen LogP contribution in [0, 0.1) is 0 Å². The number of aliphatic hydroxyl groups is 1. The first-order valence-corrected chi connectivity index (χ1v) is 9.62. The number of benzene rings is 2. The molecular weight excluding hydrogens is 364 g/mol. The number of para-hydroxylation sites is 2. The van der Waals surface area contributed by atoms with Gasteiger partial charge in [-0.2, -0.15) is 0 Å². The minimum Gasteiger partial charge on any atom is -0.497 e. The lowest BCUT2D eigenvalue weighted by Gasteiger charge is -2.27. The summed E-state index contributed by atoms with van der Waals surface area (Å²) in [5.41, 5.74) is 4.59. The van der Waals surface area contributed by atoms with E-state index >= 15 is 0 Å². The summed E-state index contributed by atoms with van der Waals surface area (Å²) >= 11 is 0. The number of methoxy groups -OCH3 is 1. The number of nitrogens with one attached hydrogen (secondary N) is 1. The standard InChI is InChI=1S/C23H24N4O2/c1-16-7-5-6-13-27(16)23-22(24-19-8-3-4-9-20(19)26-23)25-21-15-18(29-2)11-10-17(21)12-14-28/h3-11,15,28H,12-14H2,1-2H3,(H,24,25). The SMILES string of the molecule is COc1ccc(CCO)c(Nc2nc3ccccc3nc2N2CC=CC=C2C)c1. The van der Waals surface area contributed by atoms with E-state index in [1.165, 1.54) is 0 Å². The van der Waals surface area contributed by atoms with Gasteiger partial charge in [-0.1, -0.05) is 30.4 Å². The van der Waals surface area contributed by atoms with Crippen molar-refractivity contribution in [1.29, 1.82) is 0 Å². The van der Waals surface area contributed by atoms with Crippen molar-refractivity contribution in [3.63, 3.8) is 0 Å². The highest BCUT2D eigenvalue weighted by molar-refractivity contribution is 5.83. The Hall–Kier alpha value is -3.38. The number of anilines is 3. The molecule has 0 amide bonds. The third-order valence-corrected chi connectivity index (χ3v) is 4.95. The number of rotatable bonds is 6. The van der Waals surface area contributed by atoms with E-state index in [4.69, 9.17) is 14.7 Å². The van der Waals surface area contributed by atoms with E-state index < -0.39 is 0 Å². The number of aliphatic hydroxyl groups excluding tert-OH is 1. The third kappa shape index (κ3) is 3.93. The predicted molar refractivity (Wildman–Crippen MR) is 117 cm³/mol. The highest BCUT2D eigenvalue weighted by Gasteiger charge is 2.19. The summed E-state index contributed by atoms with van der Waals surface area (Å²) in [6.07, 6.45) is 6.74. The quantitative estimate of drug-likeness (QED) is 0.660. The average Bonchev–Trinajstić information content (AvgIpc) is 2.75. The van der Waals surface area contributed by atoms with Crippen molar-refractivity contribution in [2.24, 2.45) is 0 Å². The first kappa shape index (κ1) is 19.0. The zero-order valence-corrected chi connectivity index (χ0v) is 16.6. The van der Waals surface area contributed by atoms with Crippen molar-refractivity contribution < 1.29 is 9.84 Å². The number of aromatic nitrogens is 2. The van der Waals surface area contributed by atoms with Gasteiger partial charge >= 0.3 is 0 Å². The van der Waals surface area contributed by atoms with Crippen LogP contribution in [0.15, 0.2) is 66.4 Å². The van der Waals surface area contributed by atoms with Crippen molar-refractivity contribution >= 4 is 28.4 Å². The number of hydrogen-bond donors (Lipinski definition) is 2. The van der Waals surface area contributed by atoms with Crippen LogP contribution in [0.2, 0.25) is 0 Å². The van der Waals surface area contributed by atoms with Gasteiger partial charge < -0.3 is 20.1 Å². The van der Waals surface area contributed by atoms with Crippen molar-refractivity contribution in [2.75, 3.05) is 30.5 Å². The highest BCUT2D eigenvalue weighted by Crippen LogP contribution is 2.33. The monoisotopic (exact) mass is 388 g/mol. The maximum Gasteiger partial charge on any atom is 0.177 e. The molecule has 4 rings (SSSR count). The molecule has 0 bridgehead atoms.